The quantitative estimate of drug-likeness (QED) is 0.540. The van der Waals surface area contributed by atoms with E-state index in [0.29, 0.717) is 12.5 Å². The summed E-state index contributed by atoms with van der Waals surface area (Å²) in [5, 5.41) is 22.5. The molecule has 0 unspecified atom stereocenters. The van der Waals surface area contributed by atoms with Gasteiger partial charge in [0.15, 0.2) is 0 Å². The molecule has 1 atom stereocenters. The number of nitrogens with one attached hydrogen (secondary N) is 2. The SMILES string of the molecule is O=C(NCCC1CCCC1)N[C@@H](CCO)C(=O)O. The van der Waals surface area contributed by atoms with E-state index in [-0.39, 0.29) is 13.0 Å². The molecule has 1 aliphatic carbocycles. The van der Waals surface area contributed by atoms with Gasteiger partial charge in [0.05, 0.1) is 0 Å². The van der Waals surface area contributed by atoms with Crippen LogP contribution in [-0.2, 0) is 4.79 Å². The second-order valence-corrected chi connectivity index (χ2v) is 4.74. The summed E-state index contributed by atoms with van der Waals surface area (Å²) in [6.45, 7) is 0.307. The molecule has 1 fully saturated rings. The fourth-order valence-electron chi connectivity index (χ4n) is 2.28. The molecule has 4 N–H and O–H groups in total. The summed E-state index contributed by atoms with van der Waals surface area (Å²) in [6, 6.07) is -1.50. The molecule has 2 amide bonds. The number of rotatable bonds is 7. The molecule has 0 spiro atoms. The van der Waals surface area contributed by atoms with Gasteiger partial charge in [-0.1, -0.05) is 25.7 Å². The Bertz CT molecular complexity index is 277. The van der Waals surface area contributed by atoms with E-state index >= 15 is 0 Å². The first-order valence-electron chi connectivity index (χ1n) is 6.51. The molecule has 18 heavy (non-hydrogen) atoms. The fraction of sp³-hybridized carbons (Fsp3) is 0.833. The highest BCUT2D eigenvalue weighted by Gasteiger charge is 2.19. The Balaban J connectivity index is 2.16. The summed E-state index contributed by atoms with van der Waals surface area (Å²) in [5.41, 5.74) is 0. The van der Waals surface area contributed by atoms with Crippen LogP contribution in [0.2, 0.25) is 0 Å². The first kappa shape index (κ1) is 14.8. The average molecular weight is 258 g/mol. The molecule has 0 heterocycles. The van der Waals surface area contributed by atoms with E-state index in [4.69, 9.17) is 10.2 Å². The van der Waals surface area contributed by atoms with Crippen LogP contribution in [0, 0.1) is 5.92 Å². The van der Waals surface area contributed by atoms with Crippen molar-refractivity contribution in [3.05, 3.63) is 0 Å². The van der Waals surface area contributed by atoms with Crippen molar-refractivity contribution in [2.24, 2.45) is 5.92 Å². The molecular weight excluding hydrogens is 236 g/mol. The number of carbonyl (C=O) groups excluding carboxylic acids is 1. The molecule has 104 valence electrons. The van der Waals surface area contributed by atoms with Crippen molar-refractivity contribution in [3.63, 3.8) is 0 Å². The number of amides is 2. The smallest absolute Gasteiger partial charge is 0.326 e. The predicted molar refractivity (Wildman–Crippen MR) is 66.2 cm³/mol. The molecule has 0 aromatic heterocycles. The number of hydrogen-bond donors (Lipinski definition) is 4. The minimum absolute atomic E-state index is 0.0192. The van der Waals surface area contributed by atoms with Crippen LogP contribution in [0.1, 0.15) is 38.5 Å². The van der Waals surface area contributed by atoms with Gasteiger partial charge in [0.2, 0.25) is 0 Å². The maximum Gasteiger partial charge on any atom is 0.326 e. The normalized spacial score (nSPS) is 17.4. The number of aliphatic hydroxyl groups excluding tert-OH is 1. The maximum absolute atomic E-state index is 11.4. The van der Waals surface area contributed by atoms with Gasteiger partial charge in [0.1, 0.15) is 6.04 Å². The Morgan fingerprint density at radius 3 is 2.50 bits per heavy atom. The Labute approximate surface area is 107 Å². The number of aliphatic hydroxyl groups is 1. The highest BCUT2D eigenvalue weighted by atomic mass is 16.4. The second-order valence-electron chi connectivity index (χ2n) is 4.74. The van der Waals surface area contributed by atoms with Gasteiger partial charge in [-0.3, -0.25) is 0 Å². The van der Waals surface area contributed by atoms with Gasteiger partial charge >= 0.3 is 12.0 Å². The summed E-state index contributed by atoms with van der Waals surface area (Å²) >= 11 is 0. The summed E-state index contributed by atoms with van der Waals surface area (Å²) in [7, 11) is 0. The lowest BCUT2D eigenvalue weighted by Crippen LogP contribution is -2.46. The highest BCUT2D eigenvalue weighted by Crippen LogP contribution is 2.26. The van der Waals surface area contributed by atoms with Crippen LogP contribution in [0.4, 0.5) is 4.79 Å². The molecule has 1 rings (SSSR count). The van der Waals surface area contributed by atoms with Gasteiger partial charge in [-0.05, 0) is 12.3 Å². The number of carbonyl (C=O) groups is 2. The summed E-state index contributed by atoms with van der Waals surface area (Å²) in [4.78, 5) is 22.2. The Morgan fingerprint density at radius 1 is 1.28 bits per heavy atom. The zero-order valence-corrected chi connectivity index (χ0v) is 10.5. The van der Waals surface area contributed by atoms with E-state index in [1.165, 1.54) is 25.7 Å². The van der Waals surface area contributed by atoms with Crippen LogP contribution in [0.5, 0.6) is 0 Å². The van der Waals surface area contributed by atoms with Crippen LogP contribution in [0.25, 0.3) is 0 Å². The molecule has 1 saturated carbocycles. The number of carboxylic acid groups (broad SMARTS) is 1. The van der Waals surface area contributed by atoms with E-state index < -0.39 is 18.0 Å². The molecule has 0 radical (unpaired) electrons. The average Bonchev–Trinajstić information content (AvgIpc) is 2.81. The van der Waals surface area contributed by atoms with E-state index in [1.54, 1.807) is 0 Å². The number of carboxylic acids is 1. The van der Waals surface area contributed by atoms with Gasteiger partial charge in [0.25, 0.3) is 0 Å². The summed E-state index contributed by atoms with van der Waals surface area (Å²) < 4.78 is 0. The van der Waals surface area contributed by atoms with Crippen molar-refractivity contribution in [2.45, 2.75) is 44.6 Å². The van der Waals surface area contributed by atoms with Gasteiger partial charge in [-0.25, -0.2) is 9.59 Å². The summed E-state index contributed by atoms with van der Waals surface area (Å²) in [6.07, 6.45) is 5.97. The van der Waals surface area contributed by atoms with Crippen LogP contribution in [-0.4, -0.2) is 41.4 Å². The second kappa shape index (κ2) is 7.92. The highest BCUT2D eigenvalue weighted by molar-refractivity contribution is 5.82. The van der Waals surface area contributed by atoms with Gasteiger partial charge in [-0.2, -0.15) is 0 Å². The molecule has 0 saturated heterocycles. The van der Waals surface area contributed by atoms with Crippen LogP contribution in [0.3, 0.4) is 0 Å². The third-order valence-electron chi connectivity index (χ3n) is 3.33. The van der Waals surface area contributed by atoms with Crippen molar-refractivity contribution >= 4 is 12.0 Å². The van der Waals surface area contributed by atoms with Crippen molar-refractivity contribution < 1.29 is 19.8 Å². The molecule has 0 bridgehead atoms. The lowest BCUT2D eigenvalue weighted by atomic mass is 10.0. The molecule has 0 aromatic carbocycles. The van der Waals surface area contributed by atoms with Crippen molar-refractivity contribution in [2.75, 3.05) is 13.2 Å². The lowest BCUT2D eigenvalue weighted by molar-refractivity contribution is -0.139. The van der Waals surface area contributed by atoms with E-state index in [0.717, 1.165) is 6.42 Å². The first-order valence-corrected chi connectivity index (χ1v) is 6.51. The number of hydrogen-bond acceptors (Lipinski definition) is 3. The van der Waals surface area contributed by atoms with Crippen molar-refractivity contribution in [3.8, 4) is 0 Å². The monoisotopic (exact) mass is 258 g/mol. The minimum Gasteiger partial charge on any atom is -0.480 e. The number of urea groups is 1. The molecule has 0 aliphatic heterocycles. The van der Waals surface area contributed by atoms with Gasteiger partial charge in [0, 0.05) is 19.6 Å². The molecular formula is C12H22N2O4. The minimum atomic E-state index is -1.13. The fourth-order valence-corrected chi connectivity index (χ4v) is 2.28. The topological polar surface area (TPSA) is 98.7 Å². The Kier molecular flexibility index (Phi) is 6.49. The van der Waals surface area contributed by atoms with Crippen LogP contribution >= 0.6 is 0 Å². The first-order chi connectivity index (χ1) is 8.63. The zero-order chi connectivity index (χ0) is 13.4. The third kappa shape index (κ3) is 5.35. The molecule has 0 aromatic rings. The van der Waals surface area contributed by atoms with Crippen molar-refractivity contribution in [1.82, 2.24) is 10.6 Å². The van der Waals surface area contributed by atoms with Crippen molar-refractivity contribution in [1.29, 1.82) is 0 Å². The van der Waals surface area contributed by atoms with Gasteiger partial charge < -0.3 is 20.8 Å². The lowest BCUT2D eigenvalue weighted by Gasteiger charge is -2.15. The number of aliphatic carboxylic acids is 1. The Hall–Kier alpha value is -1.30. The van der Waals surface area contributed by atoms with Gasteiger partial charge in [-0.15, -0.1) is 0 Å². The Morgan fingerprint density at radius 2 is 1.94 bits per heavy atom. The third-order valence-corrected chi connectivity index (χ3v) is 3.33. The zero-order valence-electron chi connectivity index (χ0n) is 10.5. The van der Waals surface area contributed by atoms with E-state index in [2.05, 4.69) is 10.6 Å². The standard InChI is InChI=1S/C12H22N2O4/c15-8-6-10(11(16)17)14-12(18)13-7-5-9-3-1-2-4-9/h9-10,15H,1-8H2,(H,16,17)(H2,13,14,18)/t10-/m0/s1. The maximum atomic E-state index is 11.4. The van der Waals surface area contributed by atoms with Crippen LogP contribution in [0.15, 0.2) is 0 Å². The van der Waals surface area contributed by atoms with E-state index in [9.17, 15) is 9.59 Å². The molecule has 6 heteroatoms. The molecule has 1 aliphatic rings. The molecule has 6 nitrogen and oxygen atoms in total. The largest absolute Gasteiger partial charge is 0.480 e. The van der Waals surface area contributed by atoms with E-state index in [1.807, 2.05) is 0 Å². The predicted octanol–water partition coefficient (Wildman–Crippen LogP) is 0.701. The summed E-state index contributed by atoms with van der Waals surface area (Å²) in [5.74, 6) is -0.437. The van der Waals surface area contributed by atoms with Crippen LogP contribution < -0.4 is 10.6 Å².